The van der Waals surface area contributed by atoms with Crippen molar-refractivity contribution in [2.75, 3.05) is 6.54 Å². The molecule has 0 amide bonds. The van der Waals surface area contributed by atoms with Crippen molar-refractivity contribution in [3.8, 4) is 0 Å². The fourth-order valence-electron chi connectivity index (χ4n) is 3.11. The third-order valence-electron chi connectivity index (χ3n) is 4.17. The summed E-state index contributed by atoms with van der Waals surface area (Å²) in [5.41, 5.74) is 7.10. The van der Waals surface area contributed by atoms with Crippen LogP contribution in [0.2, 0.25) is 0 Å². The molecule has 1 unspecified atom stereocenters. The molecule has 1 heterocycles. The number of rotatable bonds is 8. The number of nitrogens with two attached hydrogens (primary N) is 1. The first-order valence-electron chi connectivity index (χ1n) is 8.04. The Labute approximate surface area is 126 Å². The SMILES string of the molecule is CCCC(CCN)CCc1nc2c(F)cccc2n1CC. The molecule has 1 aromatic carbocycles. The second-order valence-electron chi connectivity index (χ2n) is 5.65. The number of halogens is 1. The number of nitrogens with zero attached hydrogens (tertiary/aromatic N) is 2. The first-order chi connectivity index (χ1) is 10.2. The van der Waals surface area contributed by atoms with Crippen LogP contribution in [-0.2, 0) is 13.0 Å². The van der Waals surface area contributed by atoms with Crippen LogP contribution in [-0.4, -0.2) is 16.1 Å². The molecular weight excluding hydrogens is 265 g/mol. The van der Waals surface area contributed by atoms with Crippen LogP contribution < -0.4 is 5.73 Å². The predicted octanol–water partition coefficient (Wildman–Crippen LogP) is 3.89. The van der Waals surface area contributed by atoms with Gasteiger partial charge in [0.05, 0.1) is 5.52 Å². The van der Waals surface area contributed by atoms with E-state index in [1.54, 1.807) is 6.07 Å². The standard InChI is InChI=1S/C17H26FN3/c1-3-6-13(11-12-19)9-10-16-20-17-14(18)7-5-8-15(17)21(16)4-2/h5,7-8,13H,3-4,6,9-12,19H2,1-2H3. The van der Waals surface area contributed by atoms with E-state index in [2.05, 4.69) is 23.4 Å². The van der Waals surface area contributed by atoms with Crippen LogP contribution >= 0.6 is 0 Å². The van der Waals surface area contributed by atoms with Gasteiger partial charge in [0.1, 0.15) is 11.3 Å². The van der Waals surface area contributed by atoms with Crippen LogP contribution in [0.25, 0.3) is 11.0 Å². The molecule has 0 saturated heterocycles. The van der Waals surface area contributed by atoms with E-state index in [1.807, 2.05) is 6.07 Å². The summed E-state index contributed by atoms with van der Waals surface area (Å²) in [7, 11) is 0. The summed E-state index contributed by atoms with van der Waals surface area (Å²) >= 11 is 0. The Morgan fingerprint density at radius 2 is 2.05 bits per heavy atom. The minimum absolute atomic E-state index is 0.229. The predicted molar refractivity (Wildman–Crippen MR) is 85.8 cm³/mol. The minimum Gasteiger partial charge on any atom is -0.330 e. The van der Waals surface area contributed by atoms with E-state index in [4.69, 9.17) is 5.73 Å². The van der Waals surface area contributed by atoms with Gasteiger partial charge >= 0.3 is 0 Å². The van der Waals surface area contributed by atoms with E-state index >= 15 is 0 Å². The van der Waals surface area contributed by atoms with Crippen molar-refractivity contribution in [3.63, 3.8) is 0 Å². The lowest BCUT2D eigenvalue weighted by atomic mass is 9.94. The van der Waals surface area contributed by atoms with Crippen molar-refractivity contribution in [3.05, 3.63) is 29.8 Å². The quantitative estimate of drug-likeness (QED) is 0.801. The molecule has 0 bridgehead atoms. The van der Waals surface area contributed by atoms with Crippen molar-refractivity contribution in [1.82, 2.24) is 9.55 Å². The summed E-state index contributed by atoms with van der Waals surface area (Å²) in [5.74, 6) is 1.42. The molecule has 4 heteroatoms. The number of aromatic nitrogens is 2. The number of fused-ring (bicyclic) bond motifs is 1. The van der Waals surface area contributed by atoms with Crippen molar-refractivity contribution in [1.29, 1.82) is 0 Å². The Bertz CT molecular complexity index is 571. The Morgan fingerprint density at radius 1 is 1.24 bits per heavy atom. The molecule has 116 valence electrons. The second kappa shape index (κ2) is 7.55. The maximum absolute atomic E-state index is 13.9. The zero-order chi connectivity index (χ0) is 15.2. The van der Waals surface area contributed by atoms with Gasteiger partial charge in [0.2, 0.25) is 0 Å². The molecule has 1 atom stereocenters. The van der Waals surface area contributed by atoms with Crippen LogP contribution in [0.5, 0.6) is 0 Å². The first-order valence-corrected chi connectivity index (χ1v) is 8.04. The van der Waals surface area contributed by atoms with E-state index in [0.717, 1.165) is 43.7 Å². The molecule has 1 aromatic heterocycles. The second-order valence-corrected chi connectivity index (χ2v) is 5.65. The van der Waals surface area contributed by atoms with Crippen LogP contribution in [0.1, 0.15) is 45.4 Å². The average Bonchev–Trinajstić information content (AvgIpc) is 2.84. The van der Waals surface area contributed by atoms with Gasteiger partial charge in [-0.2, -0.15) is 0 Å². The highest BCUT2D eigenvalue weighted by Gasteiger charge is 2.14. The molecule has 0 aliphatic carbocycles. The number of aryl methyl sites for hydroxylation is 2. The monoisotopic (exact) mass is 291 g/mol. The minimum atomic E-state index is -0.229. The third-order valence-corrected chi connectivity index (χ3v) is 4.17. The molecular formula is C17H26FN3. The largest absolute Gasteiger partial charge is 0.330 e. The molecule has 0 saturated carbocycles. The molecule has 2 aromatic rings. The summed E-state index contributed by atoms with van der Waals surface area (Å²) in [6.07, 6.45) is 5.43. The molecule has 0 fully saturated rings. The summed E-state index contributed by atoms with van der Waals surface area (Å²) in [5, 5.41) is 0. The van der Waals surface area contributed by atoms with Gasteiger partial charge in [0.25, 0.3) is 0 Å². The van der Waals surface area contributed by atoms with Crippen molar-refractivity contribution in [2.24, 2.45) is 11.7 Å². The van der Waals surface area contributed by atoms with Gasteiger partial charge in [0.15, 0.2) is 5.82 Å². The van der Waals surface area contributed by atoms with Gasteiger partial charge in [-0.1, -0.05) is 25.8 Å². The van der Waals surface area contributed by atoms with Crippen molar-refractivity contribution < 1.29 is 4.39 Å². The van der Waals surface area contributed by atoms with Gasteiger partial charge in [0, 0.05) is 13.0 Å². The smallest absolute Gasteiger partial charge is 0.151 e. The van der Waals surface area contributed by atoms with Gasteiger partial charge in [-0.3, -0.25) is 0 Å². The molecule has 3 nitrogen and oxygen atoms in total. The molecule has 21 heavy (non-hydrogen) atoms. The zero-order valence-electron chi connectivity index (χ0n) is 13.1. The van der Waals surface area contributed by atoms with Crippen LogP contribution in [0.15, 0.2) is 18.2 Å². The summed E-state index contributed by atoms with van der Waals surface area (Å²) in [6.45, 7) is 5.85. The lowest BCUT2D eigenvalue weighted by molar-refractivity contribution is 0.415. The van der Waals surface area contributed by atoms with Crippen molar-refractivity contribution in [2.45, 2.75) is 52.5 Å². The molecule has 2 N–H and O–H groups in total. The molecule has 0 radical (unpaired) electrons. The van der Waals surface area contributed by atoms with Crippen LogP contribution in [0.4, 0.5) is 4.39 Å². The highest BCUT2D eigenvalue weighted by Crippen LogP contribution is 2.23. The van der Waals surface area contributed by atoms with Crippen LogP contribution in [0, 0.1) is 11.7 Å². The highest BCUT2D eigenvalue weighted by atomic mass is 19.1. The fraction of sp³-hybridized carbons (Fsp3) is 0.588. The topological polar surface area (TPSA) is 43.8 Å². The van der Waals surface area contributed by atoms with E-state index < -0.39 is 0 Å². The van der Waals surface area contributed by atoms with E-state index in [9.17, 15) is 4.39 Å². The maximum atomic E-state index is 13.9. The highest BCUT2D eigenvalue weighted by molar-refractivity contribution is 5.76. The van der Waals surface area contributed by atoms with Gasteiger partial charge in [-0.15, -0.1) is 0 Å². The average molecular weight is 291 g/mol. The number of hydrogen-bond acceptors (Lipinski definition) is 2. The lowest BCUT2D eigenvalue weighted by Crippen LogP contribution is -2.11. The van der Waals surface area contributed by atoms with Gasteiger partial charge < -0.3 is 10.3 Å². The third kappa shape index (κ3) is 3.62. The fourth-order valence-corrected chi connectivity index (χ4v) is 3.11. The summed E-state index contributed by atoms with van der Waals surface area (Å²) < 4.78 is 16.0. The zero-order valence-corrected chi connectivity index (χ0v) is 13.1. The molecule has 2 rings (SSSR count). The number of hydrogen-bond donors (Lipinski definition) is 1. The first kappa shape index (κ1) is 16.0. The Morgan fingerprint density at radius 3 is 2.71 bits per heavy atom. The number of benzene rings is 1. The van der Waals surface area contributed by atoms with Gasteiger partial charge in [-0.05, 0) is 44.4 Å². The molecule has 0 aliphatic rings. The lowest BCUT2D eigenvalue weighted by Gasteiger charge is -2.15. The molecule has 0 aliphatic heterocycles. The van der Waals surface area contributed by atoms with Crippen LogP contribution in [0.3, 0.4) is 0 Å². The van der Waals surface area contributed by atoms with Crippen molar-refractivity contribution >= 4 is 11.0 Å². The Hall–Kier alpha value is -1.42. The maximum Gasteiger partial charge on any atom is 0.151 e. The Kier molecular flexibility index (Phi) is 5.74. The number of imidazole rings is 1. The summed E-state index contributed by atoms with van der Waals surface area (Å²) in [6, 6.07) is 5.18. The molecule has 0 spiro atoms. The van der Waals surface area contributed by atoms with E-state index in [0.29, 0.717) is 11.4 Å². The van der Waals surface area contributed by atoms with E-state index in [1.165, 1.54) is 18.9 Å². The normalized spacial score (nSPS) is 13.0. The number of para-hydroxylation sites is 1. The summed E-state index contributed by atoms with van der Waals surface area (Å²) in [4.78, 5) is 4.53. The van der Waals surface area contributed by atoms with Gasteiger partial charge in [-0.25, -0.2) is 9.37 Å². The van der Waals surface area contributed by atoms with E-state index in [-0.39, 0.29) is 5.82 Å². The Balaban J connectivity index is 2.19.